The predicted octanol–water partition coefficient (Wildman–Crippen LogP) is 4.32. The summed E-state index contributed by atoms with van der Waals surface area (Å²) in [5.74, 6) is 0.0922. The average molecular weight is 468 g/mol. The molecule has 1 saturated heterocycles. The first-order valence-electron chi connectivity index (χ1n) is 11.6. The van der Waals surface area contributed by atoms with Crippen LogP contribution >= 0.6 is 0 Å². The summed E-state index contributed by atoms with van der Waals surface area (Å²) in [7, 11) is -3.58. The van der Waals surface area contributed by atoms with Crippen molar-refractivity contribution in [3.8, 4) is 0 Å². The monoisotopic (exact) mass is 467 g/mol. The van der Waals surface area contributed by atoms with Crippen molar-refractivity contribution in [2.24, 2.45) is 0 Å². The van der Waals surface area contributed by atoms with Gasteiger partial charge in [-0.25, -0.2) is 18.1 Å². The normalized spacial score (nSPS) is 17.5. The van der Waals surface area contributed by atoms with E-state index >= 15 is 0 Å². The van der Waals surface area contributed by atoms with Crippen molar-refractivity contribution in [2.75, 3.05) is 18.4 Å². The van der Waals surface area contributed by atoms with Crippen LogP contribution in [0, 0.1) is 0 Å². The lowest BCUT2D eigenvalue weighted by Crippen LogP contribution is -2.35. The molecule has 174 valence electrons. The highest BCUT2D eigenvalue weighted by molar-refractivity contribution is 7.89. The first-order valence-corrected chi connectivity index (χ1v) is 13.1. The van der Waals surface area contributed by atoms with Crippen molar-refractivity contribution >= 4 is 32.7 Å². The number of fused-ring (bicyclic) bond motifs is 1. The summed E-state index contributed by atoms with van der Waals surface area (Å²) < 4.78 is 29.5. The van der Waals surface area contributed by atoms with Gasteiger partial charge in [0.2, 0.25) is 10.0 Å². The lowest BCUT2D eigenvalue weighted by molar-refractivity contribution is 0.102. The maximum absolute atomic E-state index is 13.3. The lowest BCUT2D eigenvalue weighted by Gasteiger charge is -2.26. The fourth-order valence-corrected chi connectivity index (χ4v) is 5.94. The van der Waals surface area contributed by atoms with Gasteiger partial charge in [0, 0.05) is 36.4 Å². The van der Waals surface area contributed by atoms with Crippen LogP contribution in [0.2, 0.25) is 0 Å². The number of pyridine rings is 1. The smallest absolute Gasteiger partial charge is 0.256 e. The minimum Gasteiger partial charge on any atom is -0.322 e. The molecule has 9 heteroatoms. The molecule has 8 nitrogen and oxygen atoms in total. The van der Waals surface area contributed by atoms with Gasteiger partial charge >= 0.3 is 0 Å². The second-order valence-electron chi connectivity index (χ2n) is 9.24. The molecule has 1 saturated carbocycles. The van der Waals surface area contributed by atoms with E-state index < -0.39 is 10.0 Å². The van der Waals surface area contributed by atoms with E-state index in [2.05, 4.69) is 10.4 Å². The molecule has 0 atom stereocenters. The Morgan fingerprint density at radius 2 is 1.88 bits per heavy atom. The average Bonchev–Trinajstić information content (AvgIpc) is 3.57. The van der Waals surface area contributed by atoms with Gasteiger partial charge in [0.25, 0.3) is 5.91 Å². The molecule has 1 N–H and O–H groups in total. The summed E-state index contributed by atoms with van der Waals surface area (Å²) in [5, 5.41) is 8.05. The molecule has 2 aromatic heterocycles. The van der Waals surface area contributed by atoms with Crippen molar-refractivity contribution < 1.29 is 13.2 Å². The molecule has 3 aromatic rings. The van der Waals surface area contributed by atoms with Crippen LogP contribution in [0.25, 0.3) is 11.0 Å². The van der Waals surface area contributed by atoms with Crippen molar-refractivity contribution in [2.45, 2.75) is 62.8 Å². The number of hydrogen-bond donors (Lipinski definition) is 1. The Morgan fingerprint density at radius 1 is 1.12 bits per heavy atom. The Bertz CT molecular complexity index is 1300. The number of carbonyl (C=O) groups excluding carboxylic acids is 1. The SMILES string of the molecule is CC(C)n1ncc2c(C(=O)Nc3cccc(S(=O)(=O)N4CCCCC4)c3)cc(C3CC3)nc21. The number of rotatable bonds is 6. The molecule has 0 bridgehead atoms. The minimum absolute atomic E-state index is 0.122. The van der Waals surface area contributed by atoms with Gasteiger partial charge in [0.1, 0.15) is 0 Å². The van der Waals surface area contributed by atoms with Crippen LogP contribution < -0.4 is 5.32 Å². The van der Waals surface area contributed by atoms with E-state index in [9.17, 15) is 13.2 Å². The molecule has 1 aromatic carbocycles. The van der Waals surface area contributed by atoms with Gasteiger partial charge in [-0.05, 0) is 63.8 Å². The van der Waals surface area contributed by atoms with Gasteiger partial charge in [-0.15, -0.1) is 0 Å². The zero-order valence-corrected chi connectivity index (χ0v) is 19.8. The number of nitrogens with zero attached hydrogens (tertiary/aromatic N) is 4. The Balaban J connectivity index is 1.46. The van der Waals surface area contributed by atoms with E-state index in [1.165, 1.54) is 4.31 Å². The predicted molar refractivity (Wildman–Crippen MR) is 127 cm³/mol. The number of carbonyl (C=O) groups is 1. The van der Waals surface area contributed by atoms with E-state index in [1.807, 2.05) is 24.6 Å². The van der Waals surface area contributed by atoms with Gasteiger partial charge in [0.15, 0.2) is 5.65 Å². The molecule has 2 fully saturated rings. The van der Waals surface area contributed by atoms with E-state index in [-0.39, 0.29) is 16.8 Å². The van der Waals surface area contributed by atoms with E-state index in [4.69, 9.17) is 4.98 Å². The maximum Gasteiger partial charge on any atom is 0.256 e. The Hall–Kier alpha value is -2.78. The molecule has 5 rings (SSSR count). The minimum atomic E-state index is -3.58. The molecule has 1 amide bonds. The Labute approximate surface area is 194 Å². The van der Waals surface area contributed by atoms with Gasteiger partial charge in [-0.1, -0.05) is 12.5 Å². The molecule has 0 unspecified atom stereocenters. The zero-order chi connectivity index (χ0) is 23.2. The van der Waals surface area contributed by atoms with Crippen LogP contribution in [0.15, 0.2) is 41.4 Å². The lowest BCUT2D eigenvalue weighted by atomic mass is 10.1. The standard InChI is InChI=1S/C24H29N5O3S/c1-16(2)29-23-21(15-25-29)20(14-22(27-23)17-9-10-17)24(30)26-18-7-6-8-19(13-18)33(31,32)28-11-4-3-5-12-28/h6-8,13-17H,3-5,9-12H2,1-2H3,(H,26,30). The van der Waals surface area contributed by atoms with E-state index in [1.54, 1.807) is 30.5 Å². The number of hydrogen-bond acceptors (Lipinski definition) is 5. The van der Waals surface area contributed by atoms with Crippen LogP contribution in [0.4, 0.5) is 5.69 Å². The number of amides is 1. The number of benzene rings is 1. The molecular formula is C24H29N5O3S. The van der Waals surface area contributed by atoms with Crippen LogP contribution in [-0.4, -0.2) is 46.5 Å². The molecule has 1 aliphatic carbocycles. The molecular weight excluding hydrogens is 438 g/mol. The summed E-state index contributed by atoms with van der Waals surface area (Å²) in [4.78, 5) is 18.3. The van der Waals surface area contributed by atoms with Crippen LogP contribution in [0.3, 0.4) is 0 Å². The van der Waals surface area contributed by atoms with Crippen molar-refractivity contribution in [1.82, 2.24) is 19.1 Å². The summed E-state index contributed by atoms with van der Waals surface area (Å²) in [6.45, 7) is 5.15. The third-order valence-electron chi connectivity index (χ3n) is 6.36. The molecule has 0 spiro atoms. The zero-order valence-electron chi connectivity index (χ0n) is 19.0. The molecule has 0 radical (unpaired) electrons. The van der Waals surface area contributed by atoms with Gasteiger partial charge < -0.3 is 5.32 Å². The first-order chi connectivity index (χ1) is 15.8. The quantitative estimate of drug-likeness (QED) is 0.582. The highest BCUT2D eigenvalue weighted by Crippen LogP contribution is 2.40. The fourth-order valence-electron chi connectivity index (χ4n) is 4.38. The number of anilines is 1. The third-order valence-corrected chi connectivity index (χ3v) is 8.26. The largest absolute Gasteiger partial charge is 0.322 e. The highest BCUT2D eigenvalue weighted by atomic mass is 32.2. The molecule has 1 aliphatic heterocycles. The Morgan fingerprint density at radius 3 is 2.58 bits per heavy atom. The second kappa shape index (κ2) is 8.53. The molecule has 3 heterocycles. The van der Waals surface area contributed by atoms with Crippen molar-refractivity contribution in [3.05, 3.63) is 47.8 Å². The van der Waals surface area contributed by atoms with Gasteiger partial charge in [0.05, 0.1) is 22.0 Å². The first kappa shape index (κ1) is 22.0. The number of piperidine rings is 1. The number of sulfonamides is 1. The highest BCUT2D eigenvalue weighted by Gasteiger charge is 2.29. The van der Waals surface area contributed by atoms with Crippen LogP contribution in [0.5, 0.6) is 0 Å². The van der Waals surface area contributed by atoms with Crippen LogP contribution in [0.1, 0.15) is 74.0 Å². The second-order valence-corrected chi connectivity index (χ2v) is 11.2. The topological polar surface area (TPSA) is 97.2 Å². The third kappa shape index (κ3) is 4.27. The maximum atomic E-state index is 13.3. The summed E-state index contributed by atoms with van der Waals surface area (Å²) in [5.41, 5.74) is 2.59. The van der Waals surface area contributed by atoms with E-state index in [0.717, 1.165) is 37.8 Å². The van der Waals surface area contributed by atoms with E-state index in [0.29, 0.717) is 41.3 Å². The summed E-state index contributed by atoms with van der Waals surface area (Å²) in [6, 6.07) is 8.49. The summed E-state index contributed by atoms with van der Waals surface area (Å²) >= 11 is 0. The van der Waals surface area contributed by atoms with Gasteiger partial charge in [-0.3, -0.25) is 4.79 Å². The number of nitrogens with one attached hydrogen (secondary N) is 1. The molecule has 33 heavy (non-hydrogen) atoms. The number of aromatic nitrogens is 3. The fraction of sp³-hybridized carbons (Fsp3) is 0.458. The van der Waals surface area contributed by atoms with Crippen molar-refractivity contribution in [1.29, 1.82) is 0 Å². The Kier molecular flexibility index (Phi) is 5.70. The van der Waals surface area contributed by atoms with Crippen LogP contribution in [-0.2, 0) is 10.0 Å². The van der Waals surface area contributed by atoms with Crippen molar-refractivity contribution in [3.63, 3.8) is 0 Å². The summed E-state index contributed by atoms with van der Waals surface area (Å²) in [6.07, 6.45) is 6.64. The van der Waals surface area contributed by atoms with Gasteiger partial charge in [-0.2, -0.15) is 9.40 Å². The molecule has 2 aliphatic rings.